The van der Waals surface area contributed by atoms with Gasteiger partial charge in [0.1, 0.15) is 5.52 Å². The van der Waals surface area contributed by atoms with Gasteiger partial charge in [0.2, 0.25) is 5.89 Å². The van der Waals surface area contributed by atoms with Gasteiger partial charge in [-0.25, -0.2) is 4.98 Å². The van der Waals surface area contributed by atoms with Crippen molar-refractivity contribution in [3.05, 3.63) is 30.2 Å². The van der Waals surface area contributed by atoms with Crippen LogP contribution in [0, 0.1) is 0 Å². The van der Waals surface area contributed by atoms with Gasteiger partial charge < -0.3 is 14.3 Å². The van der Waals surface area contributed by atoms with E-state index in [2.05, 4.69) is 23.7 Å². The second-order valence-electron chi connectivity index (χ2n) is 6.90. The van der Waals surface area contributed by atoms with E-state index >= 15 is 0 Å². The Morgan fingerprint density at radius 3 is 2.71 bits per heavy atom. The summed E-state index contributed by atoms with van der Waals surface area (Å²) in [4.78, 5) is 8.80. The first-order chi connectivity index (χ1) is 11.5. The maximum atomic E-state index is 10.4. The number of rotatable bonds is 6. The van der Waals surface area contributed by atoms with Crippen LogP contribution in [0.4, 0.5) is 0 Å². The predicted octanol–water partition coefficient (Wildman–Crippen LogP) is 1.73. The number of morpholine rings is 1. The molecule has 6 nitrogen and oxygen atoms in total. The van der Waals surface area contributed by atoms with Crippen molar-refractivity contribution in [1.82, 2.24) is 14.8 Å². The Morgan fingerprint density at radius 2 is 2.00 bits per heavy atom. The number of benzene rings is 1. The summed E-state index contributed by atoms with van der Waals surface area (Å²) in [5, 5.41) is 10.4. The van der Waals surface area contributed by atoms with Crippen molar-refractivity contribution in [3.63, 3.8) is 0 Å². The first-order valence-electron chi connectivity index (χ1n) is 8.58. The van der Waals surface area contributed by atoms with Crippen molar-refractivity contribution in [2.75, 3.05) is 33.2 Å². The number of aliphatic hydroxyl groups is 1. The fraction of sp³-hybridized carbons (Fsp3) is 0.611. The molecule has 1 fully saturated rings. The number of hydrogen-bond acceptors (Lipinski definition) is 6. The van der Waals surface area contributed by atoms with E-state index in [1.807, 2.05) is 36.2 Å². The third-order valence-corrected chi connectivity index (χ3v) is 4.23. The summed E-state index contributed by atoms with van der Waals surface area (Å²) in [6.45, 7) is 7.73. The van der Waals surface area contributed by atoms with Crippen LogP contribution in [-0.4, -0.2) is 71.4 Å². The highest BCUT2D eigenvalue weighted by molar-refractivity contribution is 5.72. The molecular weight excluding hydrogens is 306 g/mol. The van der Waals surface area contributed by atoms with Crippen LogP contribution in [0.15, 0.2) is 28.7 Å². The molecule has 6 heteroatoms. The molecular formula is C18H27N3O3. The predicted molar refractivity (Wildman–Crippen MR) is 92.8 cm³/mol. The SMILES string of the molecule is CC1CN(CC(O)CN(C)Cc2nc3ccccc3o2)CC(C)O1. The number of β-amino-alcohol motifs (C(OH)–C–C–N with tert-alkyl or cyclic N) is 1. The molecule has 0 spiro atoms. The molecule has 1 aromatic carbocycles. The lowest BCUT2D eigenvalue weighted by Crippen LogP contribution is -2.49. The number of fused-ring (bicyclic) bond motifs is 1. The van der Waals surface area contributed by atoms with E-state index < -0.39 is 6.10 Å². The number of likely N-dealkylation sites (N-methyl/N-ethyl adjacent to an activating group) is 1. The van der Waals surface area contributed by atoms with Gasteiger partial charge in [0.25, 0.3) is 0 Å². The summed E-state index contributed by atoms with van der Waals surface area (Å²) in [5.41, 5.74) is 1.68. The van der Waals surface area contributed by atoms with Gasteiger partial charge in [-0.05, 0) is 33.0 Å². The Hall–Kier alpha value is -1.47. The van der Waals surface area contributed by atoms with Crippen molar-refractivity contribution in [2.24, 2.45) is 0 Å². The van der Waals surface area contributed by atoms with Crippen molar-refractivity contribution >= 4 is 11.1 Å². The smallest absolute Gasteiger partial charge is 0.209 e. The first-order valence-corrected chi connectivity index (χ1v) is 8.58. The van der Waals surface area contributed by atoms with E-state index in [0.717, 1.165) is 24.2 Å². The van der Waals surface area contributed by atoms with Gasteiger partial charge in [-0.1, -0.05) is 12.1 Å². The molecule has 2 aromatic rings. The van der Waals surface area contributed by atoms with E-state index in [1.54, 1.807) is 0 Å². The van der Waals surface area contributed by atoms with Crippen LogP contribution in [-0.2, 0) is 11.3 Å². The molecule has 1 aliphatic heterocycles. The lowest BCUT2D eigenvalue weighted by atomic mass is 10.2. The molecule has 24 heavy (non-hydrogen) atoms. The largest absolute Gasteiger partial charge is 0.439 e. The van der Waals surface area contributed by atoms with E-state index in [0.29, 0.717) is 25.5 Å². The maximum Gasteiger partial charge on any atom is 0.209 e. The average Bonchev–Trinajstić information content (AvgIpc) is 2.87. The van der Waals surface area contributed by atoms with Crippen LogP contribution >= 0.6 is 0 Å². The quantitative estimate of drug-likeness (QED) is 0.869. The van der Waals surface area contributed by atoms with Crippen LogP contribution in [0.1, 0.15) is 19.7 Å². The van der Waals surface area contributed by atoms with Gasteiger partial charge in [0.15, 0.2) is 5.58 Å². The van der Waals surface area contributed by atoms with E-state index in [9.17, 15) is 5.11 Å². The molecule has 2 heterocycles. The summed E-state index contributed by atoms with van der Waals surface area (Å²) in [6, 6.07) is 7.75. The van der Waals surface area contributed by atoms with Crippen LogP contribution in [0.25, 0.3) is 11.1 Å². The van der Waals surface area contributed by atoms with Gasteiger partial charge in [0.05, 0.1) is 24.9 Å². The number of aliphatic hydroxyl groups excluding tert-OH is 1. The Labute approximate surface area is 143 Å². The van der Waals surface area contributed by atoms with Gasteiger partial charge >= 0.3 is 0 Å². The van der Waals surface area contributed by atoms with Crippen molar-refractivity contribution < 1.29 is 14.3 Å². The molecule has 132 valence electrons. The molecule has 1 aromatic heterocycles. The number of hydrogen-bond donors (Lipinski definition) is 1. The summed E-state index contributed by atoms with van der Waals surface area (Å²) in [7, 11) is 1.97. The number of nitrogens with zero attached hydrogens (tertiary/aromatic N) is 3. The number of aromatic nitrogens is 1. The van der Waals surface area contributed by atoms with Crippen LogP contribution in [0.3, 0.4) is 0 Å². The van der Waals surface area contributed by atoms with Gasteiger partial charge in [-0.3, -0.25) is 9.80 Å². The van der Waals surface area contributed by atoms with Crippen LogP contribution in [0.5, 0.6) is 0 Å². The molecule has 0 aliphatic carbocycles. The molecule has 3 rings (SSSR count). The van der Waals surface area contributed by atoms with E-state index in [1.165, 1.54) is 0 Å². The molecule has 1 aliphatic rings. The topological polar surface area (TPSA) is 62.0 Å². The first kappa shape index (κ1) is 17.4. The Morgan fingerprint density at radius 1 is 1.29 bits per heavy atom. The number of ether oxygens (including phenoxy) is 1. The van der Waals surface area contributed by atoms with Crippen molar-refractivity contribution in [2.45, 2.75) is 38.7 Å². The second kappa shape index (κ2) is 7.61. The van der Waals surface area contributed by atoms with Crippen LogP contribution < -0.4 is 0 Å². The third-order valence-electron chi connectivity index (χ3n) is 4.23. The molecule has 3 atom stereocenters. The zero-order valence-electron chi connectivity index (χ0n) is 14.7. The molecule has 1 saturated heterocycles. The second-order valence-corrected chi connectivity index (χ2v) is 6.90. The van der Waals surface area contributed by atoms with Crippen molar-refractivity contribution in [1.29, 1.82) is 0 Å². The van der Waals surface area contributed by atoms with Crippen molar-refractivity contribution in [3.8, 4) is 0 Å². The van der Waals surface area contributed by atoms with Gasteiger partial charge in [0, 0.05) is 26.2 Å². The summed E-state index contributed by atoms with van der Waals surface area (Å²) < 4.78 is 11.5. The lowest BCUT2D eigenvalue weighted by molar-refractivity contribution is -0.0778. The minimum Gasteiger partial charge on any atom is -0.439 e. The van der Waals surface area contributed by atoms with Gasteiger partial charge in [-0.2, -0.15) is 0 Å². The maximum absolute atomic E-state index is 10.4. The molecule has 1 N–H and O–H groups in total. The Balaban J connectivity index is 1.49. The fourth-order valence-corrected chi connectivity index (χ4v) is 3.43. The zero-order chi connectivity index (χ0) is 17.1. The average molecular weight is 333 g/mol. The number of oxazole rings is 1. The monoisotopic (exact) mass is 333 g/mol. The minimum absolute atomic E-state index is 0.221. The van der Waals surface area contributed by atoms with E-state index in [4.69, 9.17) is 9.15 Å². The molecule has 0 radical (unpaired) electrons. The fourth-order valence-electron chi connectivity index (χ4n) is 3.43. The highest BCUT2D eigenvalue weighted by Gasteiger charge is 2.24. The molecule has 0 amide bonds. The zero-order valence-corrected chi connectivity index (χ0v) is 14.7. The summed E-state index contributed by atoms with van der Waals surface area (Å²) >= 11 is 0. The Bertz CT molecular complexity index is 617. The summed E-state index contributed by atoms with van der Waals surface area (Å²) in [6.07, 6.45) is 0.0359. The minimum atomic E-state index is -0.406. The van der Waals surface area contributed by atoms with E-state index in [-0.39, 0.29) is 12.2 Å². The third kappa shape index (κ3) is 4.54. The normalized spacial score (nSPS) is 23.9. The summed E-state index contributed by atoms with van der Waals surface area (Å²) in [5.74, 6) is 0.680. The standard InChI is InChI=1S/C18H27N3O3/c1-13-8-21(9-14(2)23-13)11-15(22)10-20(3)12-18-19-16-6-4-5-7-17(16)24-18/h4-7,13-15,22H,8-12H2,1-3H3. The highest BCUT2D eigenvalue weighted by Crippen LogP contribution is 2.16. The molecule has 0 saturated carbocycles. The van der Waals surface area contributed by atoms with Crippen LogP contribution in [0.2, 0.25) is 0 Å². The molecule has 3 unspecified atom stereocenters. The Kier molecular flexibility index (Phi) is 5.50. The number of para-hydroxylation sites is 2. The molecule has 0 bridgehead atoms. The lowest BCUT2D eigenvalue weighted by Gasteiger charge is -2.36. The highest BCUT2D eigenvalue weighted by atomic mass is 16.5. The van der Waals surface area contributed by atoms with Gasteiger partial charge in [-0.15, -0.1) is 0 Å².